The fraction of sp³-hybridized carbons (Fsp3) is 0.789. The summed E-state index contributed by atoms with van der Waals surface area (Å²) >= 11 is 0. The lowest BCUT2D eigenvalue weighted by Crippen LogP contribution is -2.59. The van der Waals surface area contributed by atoms with Crippen molar-refractivity contribution in [1.82, 2.24) is 10.5 Å². The van der Waals surface area contributed by atoms with Gasteiger partial charge in [0.05, 0.1) is 5.69 Å². The zero-order valence-electron chi connectivity index (χ0n) is 14.9. The van der Waals surface area contributed by atoms with Crippen molar-refractivity contribution in [1.29, 1.82) is 0 Å². The lowest BCUT2D eigenvalue weighted by Gasteiger charge is -2.52. The van der Waals surface area contributed by atoms with Gasteiger partial charge in [0.25, 0.3) is 0 Å². The lowest BCUT2D eigenvalue weighted by molar-refractivity contribution is -0.132. The van der Waals surface area contributed by atoms with Crippen LogP contribution in [0.1, 0.15) is 64.8 Å². The Kier molecular flexibility index (Phi) is 4.52. The predicted molar refractivity (Wildman–Crippen MR) is 89.9 cm³/mol. The van der Waals surface area contributed by atoms with E-state index in [0.29, 0.717) is 17.9 Å². The van der Waals surface area contributed by atoms with Crippen LogP contribution in [0.4, 0.5) is 0 Å². The molecule has 1 heterocycles. The Labute approximate surface area is 139 Å². The first-order chi connectivity index (χ1) is 10.9. The van der Waals surface area contributed by atoms with E-state index < -0.39 is 0 Å². The highest BCUT2D eigenvalue weighted by atomic mass is 16.5. The molecule has 2 saturated carbocycles. The van der Waals surface area contributed by atoms with Gasteiger partial charge in [0.2, 0.25) is 5.91 Å². The van der Waals surface area contributed by atoms with Gasteiger partial charge in [0, 0.05) is 24.4 Å². The molecule has 2 fully saturated rings. The van der Waals surface area contributed by atoms with Gasteiger partial charge in [-0.05, 0) is 42.9 Å². The summed E-state index contributed by atoms with van der Waals surface area (Å²) in [5, 5.41) is 7.50. The smallest absolute Gasteiger partial charge is 0.223 e. The van der Waals surface area contributed by atoms with E-state index in [-0.39, 0.29) is 17.2 Å². The highest BCUT2D eigenvalue weighted by Gasteiger charge is 2.49. The van der Waals surface area contributed by atoms with Crippen molar-refractivity contribution in [3.8, 4) is 0 Å². The Morgan fingerprint density at radius 2 is 2.17 bits per heavy atom. The average molecular weight is 318 g/mol. The van der Waals surface area contributed by atoms with E-state index in [2.05, 4.69) is 44.2 Å². The third kappa shape index (κ3) is 3.46. The van der Waals surface area contributed by atoms with Gasteiger partial charge in [-0.3, -0.25) is 4.79 Å². The van der Waals surface area contributed by atoms with E-state index in [4.69, 9.17) is 4.52 Å². The third-order valence-corrected chi connectivity index (χ3v) is 5.94. The first-order valence-electron chi connectivity index (χ1n) is 9.11. The maximum atomic E-state index is 12.1. The number of nitrogens with one attached hydrogen (secondary N) is 1. The highest BCUT2D eigenvalue weighted by Crippen LogP contribution is 2.48. The molecule has 128 valence electrons. The van der Waals surface area contributed by atoms with Crippen LogP contribution in [0, 0.1) is 23.2 Å². The minimum absolute atomic E-state index is 0.135. The molecule has 0 saturated heterocycles. The van der Waals surface area contributed by atoms with Gasteiger partial charge in [0.15, 0.2) is 0 Å². The number of amides is 1. The first-order valence-corrected chi connectivity index (χ1v) is 9.11. The van der Waals surface area contributed by atoms with Crippen molar-refractivity contribution in [2.24, 2.45) is 23.2 Å². The molecule has 0 spiro atoms. The van der Waals surface area contributed by atoms with E-state index in [9.17, 15) is 4.79 Å². The van der Waals surface area contributed by atoms with Crippen LogP contribution < -0.4 is 5.32 Å². The Morgan fingerprint density at radius 1 is 1.43 bits per heavy atom. The number of nitrogens with zero attached hydrogens (tertiary/aromatic N) is 1. The van der Waals surface area contributed by atoms with E-state index >= 15 is 0 Å². The van der Waals surface area contributed by atoms with E-state index in [1.54, 1.807) is 0 Å². The molecule has 0 radical (unpaired) electrons. The summed E-state index contributed by atoms with van der Waals surface area (Å²) in [4.78, 5) is 12.1. The molecule has 1 aromatic heterocycles. The number of aromatic nitrogens is 1. The summed E-state index contributed by atoms with van der Waals surface area (Å²) < 4.78 is 5.44. The number of carbonyl (C=O) groups excluding carboxylic acids is 1. The molecule has 1 aromatic rings. The van der Waals surface area contributed by atoms with Crippen LogP contribution in [0.5, 0.6) is 0 Å². The first kappa shape index (κ1) is 16.5. The zero-order valence-corrected chi connectivity index (χ0v) is 14.9. The fourth-order valence-corrected chi connectivity index (χ4v) is 3.77. The van der Waals surface area contributed by atoms with Crippen LogP contribution in [-0.4, -0.2) is 17.1 Å². The SMILES string of the molecule is CC(C)Cc1cc(C[C@@H]2C[C@H](NC(=O)C3CCC3)C2(C)C)no1. The summed E-state index contributed by atoms with van der Waals surface area (Å²) in [5.74, 6) is 2.68. The molecule has 0 aliphatic heterocycles. The van der Waals surface area contributed by atoms with Crippen LogP contribution in [0.2, 0.25) is 0 Å². The van der Waals surface area contributed by atoms with Gasteiger partial charge >= 0.3 is 0 Å². The summed E-state index contributed by atoms with van der Waals surface area (Å²) in [6.45, 7) is 8.91. The lowest BCUT2D eigenvalue weighted by atomic mass is 9.57. The van der Waals surface area contributed by atoms with Crippen LogP contribution in [0.15, 0.2) is 10.6 Å². The summed E-state index contributed by atoms with van der Waals surface area (Å²) in [6, 6.07) is 2.42. The molecule has 1 N–H and O–H groups in total. The quantitative estimate of drug-likeness (QED) is 0.869. The minimum atomic E-state index is 0.135. The van der Waals surface area contributed by atoms with Crippen molar-refractivity contribution in [2.75, 3.05) is 0 Å². The summed E-state index contributed by atoms with van der Waals surface area (Å²) in [6.07, 6.45) is 6.29. The van der Waals surface area contributed by atoms with Crippen molar-refractivity contribution >= 4 is 5.91 Å². The van der Waals surface area contributed by atoms with Crippen molar-refractivity contribution in [3.05, 3.63) is 17.5 Å². The summed E-state index contributed by atoms with van der Waals surface area (Å²) in [7, 11) is 0. The molecule has 23 heavy (non-hydrogen) atoms. The van der Waals surface area contributed by atoms with Crippen molar-refractivity contribution in [2.45, 2.75) is 72.3 Å². The van der Waals surface area contributed by atoms with E-state index in [0.717, 1.165) is 43.6 Å². The highest BCUT2D eigenvalue weighted by molar-refractivity contribution is 5.79. The Bertz CT molecular complexity index is 557. The Balaban J connectivity index is 1.52. The van der Waals surface area contributed by atoms with Gasteiger partial charge in [-0.2, -0.15) is 0 Å². The molecular weight excluding hydrogens is 288 g/mol. The second kappa shape index (κ2) is 6.29. The molecule has 0 aromatic carbocycles. The molecule has 0 unspecified atom stereocenters. The third-order valence-electron chi connectivity index (χ3n) is 5.94. The van der Waals surface area contributed by atoms with Crippen molar-refractivity contribution < 1.29 is 9.32 Å². The standard InChI is InChI=1S/C19H30N2O2/c1-12(2)8-16-11-15(21-23-16)9-14-10-17(19(14,3)4)20-18(22)13-6-5-7-13/h11-14,17H,5-10H2,1-4H3,(H,20,22)/t14-,17+/m1/s1. The molecule has 1 amide bonds. The molecule has 2 atom stereocenters. The van der Waals surface area contributed by atoms with Crippen LogP contribution in [0.3, 0.4) is 0 Å². The van der Waals surface area contributed by atoms with Gasteiger partial charge in [-0.25, -0.2) is 0 Å². The second-order valence-electron chi connectivity index (χ2n) is 8.53. The van der Waals surface area contributed by atoms with Gasteiger partial charge in [0.1, 0.15) is 5.76 Å². The second-order valence-corrected chi connectivity index (χ2v) is 8.53. The molecule has 3 rings (SSSR count). The van der Waals surface area contributed by atoms with Crippen LogP contribution >= 0.6 is 0 Å². The number of hydrogen-bond acceptors (Lipinski definition) is 3. The molecule has 2 aliphatic carbocycles. The molecular formula is C19H30N2O2. The zero-order chi connectivity index (χ0) is 16.6. The molecule has 2 aliphatic rings. The average Bonchev–Trinajstić information content (AvgIpc) is 2.82. The summed E-state index contributed by atoms with van der Waals surface area (Å²) in [5.41, 5.74) is 1.19. The van der Waals surface area contributed by atoms with Crippen LogP contribution in [-0.2, 0) is 17.6 Å². The van der Waals surface area contributed by atoms with Gasteiger partial charge in [-0.15, -0.1) is 0 Å². The van der Waals surface area contributed by atoms with E-state index in [1.807, 2.05) is 0 Å². The van der Waals surface area contributed by atoms with Gasteiger partial charge in [-0.1, -0.05) is 39.3 Å². The normalized spacial score (nSPS) is 26.7. The predicted octanol–water partition coefficient (Wildman–Crippen LogP) is 3.75. The number of carbonyl (C=O) groups is 1. The Morgan fingerprint density at radius 3 is 2.74 bits per heavy atom. The maximum absolute atomic E-state index is 12.1. The topological polar surface area (TPSA) is 55.1 Å². The molecule has 4 heteroatoms. The monoisotopic (exact) mass is 318 g/mol. The fourth-order valence-electron chi connectivity index (χ4n) is 3.77. The molecule has 4 nitrogen and oxygen atoms in total. The van der Waals surface area contributed by atoms with Crippen molar-refractivity contribution in [3.63, 3.8) is 0 Å². The van der Waals surface area contributed by atoms with Gasteiger partial charge < -0.3 is 9.84 Å². The number of hydrogen-bond donors (Lipinski definition) is 1. The maximum Gasteiger partial charge on any atom is 0.223 e. The number of rotatable bonds is 6. The van der Waals surface area contributed by atoms with E-state index in [1.165, 1.54) is 6.42 Å². The molecule has 0 bridgehead atoms. The van der Waals surface area contributed by atoms with Crippen LogP contribution in [0.25, 0.3) is 0 Å². The largest absolute Gasteiger partial charge is 0.361 e. The minimum Gasteiger partial charge on any atom is -0.361 e. The Hall–Kier alpha value is -1.32.